The van der Waals surface area contributed by atoms with Crippen LogP contribution in [-0.2, 0) is 24.2 Å². The average molecular weight is 410 g/mol. The zero-order valence-corrected chi connectivity index (χ0v) is 17.7. The van der Waals surface area contributed by atoms with Crippen molar-refractivity contribution in [1.29, 1.82) is 0 Å². The molecule has 0 aliphatic heterocycles. The lowest BCUT2D eigenvalue weighted by Crippen LogP contribution is -2.45. The van der Waals surface area contributed by atoms with Gasteiger partial charge in [-0.25, -0.2) is 4.98 Å². The Bertz CT molecular complexity index is 998. The number of nitrogens with zero attached hydrogens (tertiary/aromatic N) is 2. The number of thiocarbonyl (C=S) groups is 1. The third-order valence-electron chi connectivity index (χ3n) is 4.70. The predicted octanol–water partition coefficient (Wildman–Crippen LogP) is 3.96. The Morgan fingerprint density at radius 1 is 1.10 bits per heavy atom. The van der Waals surface area contributed by atoms with E-state index in [4.69, 9.17) is 17.2 Å². The maximum atomic E-state index is 12.5. The highest BCUT2D eigenvalue weighted by Gasteiger charge is 2.13. The molecule has 3 aromatic rings. The monoisotopic (exact) mass is 409 g/mol. The van der Waals surface area contributed by atoms with Gasteiger partial charge in [-0.1, -0.05) is 44.5 Å². The van der Waals surface area contributed by atoms with Gasteiger partial charge in [-0.3, -0.25) is 15.6 Å². The number of hydrogen-bond donors (Lipinski definition) is 3. The lowest BCUT2D eigenvalue weighted by atomic mass is 10.1. The van der Waals surface area contributed by atoms with Crippen LogP contribution < -0.4 is 16.2 Å². The summed E-state index contributed by atoms with van der Waals surface area (Å²) in [7, 11) is 0. The lowest BCUT2D eigenvalue weighted by Gasteiger charge is -2.13. The topological polar surface area (TPSA) is 71.0 Å². The first-order valence-electron chi connectivity index (χ1n) is 9.99. The van der Waals surface area contributed by atoms with Crippen LogP contribution in [0.2, 0.25) is 0 Å². The van der Waals surface area contributed by atoms with E-state index >= 15 is 0 Å². The number of unbranched alkanes of at least 4 members (excludes halogenated alkanes) is 1. The van der Waals surface area contributed by atoms with E-state index in [0.717, 1.165) is 48.2 Å². The summed E-state index contributed by atoms with van der Waals surface area (Å²) in [6, 6.07) is 15.9. The van der Waals surface area contributed by atoms with Crippen LogP contribution in [0.25, 0.3) is 11.0 Å². The van der Waals surface area contributed by atoms with Crippen molar-refractivity contribution in [2.45, 2.75) is 46.1 Å². The molecule has 2 aromatic carbocycles. The standard InChI is InChI=1S/C22H27N5OS/c1-3-5-13-20-24-18-11-6-7-12-19(18)27(20)15-21(28)25-26-22(29)23-17-10-8-9-16(4-2)14-17/h6-12,14H,3-5,13,15H2,1-2H3,(H,25,28)(H2,23,26,29). The number of hydrazine groups is 1. The zero-order chi connectivity index (χ0) is 20.6. The highest BCUT2D eigenvalue weighted by atomic mass is 32.1. The van der Waals surface area contributed by atoms with Gasteiger partial charge in [-0.05, 0) is 54.9 Å². The smallest absolute Gasteiger partial charge is 0.258 e. The third kappa shape index (κ3) is 5.54. The number of amides is 1. The van der Waals surface area contributed by atoms with E-state index in [1.807, 2.05) is 47.0 Å². The van der Waals surface area contributed by atoms with Crippen LogP contribution in [0.15, 0.2) is 48.5 Å². The van der Waals surface area contributed by atoms with Crippen molar-refractivity contribution in [3.8, 4) is 0 Å². The van der Waals surface area contributed by atoms with Gasteiger partial charge in [-0.2, -0.15) is 0 Å². The van der Waals surface area contributed by atoms with Crippen LogP contribution in [0.3, 0.4) is 0 Å². The second kappa shape index (κ2) is 10.0. The second-order valence-corrected chi connectivity index (χ2v) is 7.30. The first kappa shape index (κ1) is 20.8. The molecule has 6 nitrogen and oxygen atoms in total. The molecule has 0 atom stereocenters. The van der Waals surface area contributed by atoms with Crippen LogP contribution in [0, 0.1) is 0 Å². The Kier molecular flexibility index (Phi) is 7.19. The quantitative estimate of drug-likeness (QED) is 0.407. The van der Waals surface area contributed by atoms with E-state index in [2.05, 4.69) is 36.1 Å². The summed E-state index contributed by atoms with van der Waals surface area (Å²) in [5, 5.41) is 3.43. The normalized spacial score (nSPS) is 10.7. The molecule has 0 aliphatic rings. The van der Waals surface area contributed by atoms with E-state index in [9.17, 15) is 4.79 Å². The summed E-state index contributed by atoms with van der Waals surface area (Å²) in [4.78, 5) is 17.2. The minimum Gasteiger partial charge on any atom is -0.331 e. The van der Waals surface area contributed by atoms with Crippen molar-refractivity contribution in [1.82, 2.24) is 20.4 Å². The Hall–Kier alpha value is -2.93. The van der Waals surface area contributed by atoms with E-state index in [-0.39, 0.29) is 12.5 Å². The molecule has 3 rings (SSSR count). The number of fused-ring (bicyclic) bond motifs is 1. The van der Waals surface area contributed by atoms with Gasteiger partial charge in [-0.15, -0.1) is 0 Å². The first-order valence-corrected chi connectivity index (χ1v) is 10.4. The minimum atomic E-state index is -0.183. The fraction of sp³-hybridized carbons (Fsp3) is 0.318. The first-order chi connectivity index (χ1) is 14.1. The van der Waals surface area contributed by atoms with Crippen molar-refractivity contribution >= 4 is 40.0 Å². The summed E-state index contributed by atoms with van der Waals surface area (Å²) < 4.78 is 1.98. The van der Waals surface area contributed by atoms with Crippen molar-refractivity contribution in [3.05, 3.63) is 59.9 Å². The summed E-state index contributed by atoms with van der Waals surface area (Å²) in [6.45, 7) is 4.43. The molecule has 0 radical (unpaired) electrons. The fourth-order valence-corrected chi connectivity index (χ4v) is 3.34. The Labute approximate surface area is 176 Å². The maximum absolute atomic E-state index is 12.5. The molecule has 0 fully saturated rings. The van der Waals surface area contributed by atoms with E-state index in [1.165, 1.54) is 5.56 Å². The number of carbonyl (C=O) groups is 1. The molecule has 7 heteroatoms. The van der Waals surface area contributed by atoms with Crippen molar-refractivity contribution in [3.63, 3.8) is 0 Å². The molecule has 3 N–H and O–H groups in total. The fourth-order valence-electron chi connectivity index (χ4n) is 3.17. The molecular weight excluding hydrogens is 382 g/mol. The summed E-state index contributed by atoms with van der Waals surface area (Å²) in [5.74, 6) is 0.748. The number of aryl methyl sites for hydroxylation is 2. The summed E-state index contributed by atoms with van der Waals surface area (Å²) in [6.07, 6.45) is 3.91. The van der Waals surface area contributed by atoms with Crippen molar-refractivity contribution < 1.29 is 4.79 Å². The van der Waals surface area contributed by atoms with Gasteiger partial charge in [0.1, 0.15) is 12.4 Å². The van der Waals surface area contributed by atoms with Gasteiger partial charge in [0.25, 0.3) is 5.91 Å². The molecule has 0 unspecified atom stereocenters. The van der Waals surface area contributed by atoms with E-state index in [1.54, 1.807) is 0 Å². The molecule has 1 aromatic heterocycles. The molecule has 29 heavy (non-hydrogen) atoms. The number of anilines is 1. The Balaban J connectivity index is 1.61. The van der Waals surface area contributed by atoms with Crippen LogP contribution in [-0.4, -0.2) is 20.6 Å². The lowest BCUT2D eigenvalue weighted by molar-refractivity contribution is -0.122. The van der Waals surface area contributed by atoms with Gasteiger partial charge in [0, 0.05) is 12.1 Å². The molecule has 0 saturated carbocycles. The number of rotatable bonds is 7. The summed E-state index contributed by atoms with van der Waals surface area (Å²) >= 11 is 5.29. The Morgan fingerprint density at radius 3 is 2.72 bits per heavy atom. The number of para-hydroxylation sites is 2. The molecule has 1 amide bonds. The van der Waals surface area contributed by atoms with Gasteiger partial charge >= 0.3 is 0 Å². The van der Waals surface area contributed by atoms with Gasteiger partial charge in [0.2, 0.25) is 0 Å². The molecule has 0 bridgehead atoms. The van der Waals surface area contributed by atoms with E-state index < -0.39 is 0 Å². The summed E-state index contributed by atoms with van der Waals surface area (Å²) in [5.41, 5.74) is 9.43. The third-order valence-corrected chi connectivity index (χ3v) is 4.90. The number of hydrogen-bond acceptors (Lipinski definition) is 3. The zero-order valence-electron chi connectivity index (χ0n) is 16.9. The van der Waals surface area contributed by atoms with E-state index in [0.29, 0.717) is 5.11 Å². The predicted molar refractivity (Wildman–Crippen MR) is 122 cm³/mol. The maximum Gasteiger partial charge on any atom is 0.258 e. The van der Waals surface area contributed by atoms with Crippen LogP contribution >= 0.6 is 12.2 Å². The molecule has 152 valence electrons. The number of aromatic nitrogens is 2. The van der Waals surface area contributed by atoms with Crippen molar-refractivity contribution in [2.75, 3.05) is 5.32 Å². The van der Waals surface area contributed by atoms with Crippen LogP contribution in [0.4, 0.5) is 5.69 Å². The number of benzene rings is 2. The average Bonchev–Trinajstić information content (AvgIpc) is 3.08. The minimum absolute atomic E-state index is 0.181. The number of imidazole rings is 1. The molecular formula is C22H27N5OS. The number of nitrogens with one attached hydrogen (secondary N) is 3. The van der Waals surface area contributed by atoms with Gasteiger partial charge < -0.3 is 9.88 Å². The second-order valence-electron chi connectivity index (χ2n) is 6.89. The van der Waals surface area contributed by atoms with Crippen molar-refractivity contribution in [2.24, 2.45) is 0 Å². The highest BCUT2D eigenvalue weighted by Crippen LogP contribution is 2.17. The highest BCUT2D eigenvalue weighted by molar-refractivity contribution is 7.80. The molecule has 1 heterocycles. The molecule has 0 spiro atoms. The van der Waals surface area contributed by atoms with Crippen LogP contribution in [0.1, 0.15) is 38.1 Å². The van der Waals surface area contributed by atoms with Gasteiger partial charge in [0.15, 0.2) is 5.11 Å². The van der Waals surface area contributed by atoms with Crippen LogP contribution in [0.5, 0.6) is 0 Å². The molecule has 0 saturated heterocycles. The molecule has 0 aliphatic carbocycles. The largest absolute Gasteiger partial charge is 0.331 e. The Morgan fingerprint density at radius 2 is 1.93 bits per heavy atom. The van der Waals surface area contributed by atoms with Gasteiger partial charge in [0.05, 0.1) is 11.0 Å². The SMILES string of the molecule is CCCCc1nc2ccccc2n1CC(=O)NNC(=S)Nc1cccc(CC)c1. The number of carbonyl (C=O) groups excluding carboxylic acids is 1.